The molecule has 0 unspecified atom stereocenters. The number of hydrogen-bond donors (Lipinski definition) is 0. The minimum absolute atomic E-state index is 0.691. The van der Waals surface area contributed by atoms with Gasteiger partial charge in [-0.2, -0.15) is 0 Å². The normalized spacial score (nSPS) is 11.4. The molecule has 4 heteroatoms. The quantitative estimate of drug-likeness (QED) is 0.605. The van der Waals surface area contributed by atoms with Crippen LogP contribution in [0.2, 0.25) is 13.1 Å². The monoisotopic (exact) mass is 272 g/mol. The number of hydrogen-bond acceptors (Lipinski definition) is 3. The fourth-order valence-electron chi connectivity index (χ4n) is 1.69. The maximum Gasteiger partial charge on any atom is 0.274 e. The molecule has 0 bridgehead atoms. The van der Waals surface area contributed by atoms with Crippen molar-refractivity contribution in [2.45, 2.75) is 26.4 Å². The third kappa shape index (κ3) is 4.10. The molecule has 0 aliphatic heterocycles. The van der Waals surface area contributed by atoms with Crippen LogP contribution in [-0.4, -0.2) is 15.3 Å². The van der Waals surface area contributed by atoms with E-state index in [9.17, 15) is 0 Å². The summed E-state index contributed by atoms with van der Waals surface area (Å²) in [5.74, 6) is 1.78. The van der Waals surface area contributed by atoms with E-state index in [4.69, 9.17) is 8.84 Å². The maximum absolute atomic E-state index is 5.88. The van der Waals surface area contributed by atoms with Gasteiger partial charge >= 0.3 is 0 Å². The van der Waals surface area contributed by atoms with Crippen LogP contribution in [0.4, 0.5) is 5.69 Å². The molecule has 0 atom stereocenters. The number of aryl methyl sites for hydroxylation is 1. The van der Waals surface area contributed by atoms with Gasteiger partial charge in [-0.25, -0.2) is 0 Å². The molecular formula is C15H18NO2Si. The molecular weight excluding hydrogens is 254 g/mol. The van der Waals surface area contributed by atoms with Crippen molar-refractivity contribution in [3.8, 4) is 5.75 Å². The molecule has 0 aliphatic rings. The van der Waals surface area contributed by atoms with Gasteiger partial charge in [0.1, 0.15) is 17.2 Å². The van der Waals surface area contributed by atoms with E-state index in [1.807, 2.05) is 36.5 Å². The predicted molar refractivity (Wildman–Crippen MR) is 79.9 cm³/mol. The average molecular weight is 272 g/mol. The molecule has 1 radical (unpaired) electrons. The first-order chi connectivity index (χ1) is 9.15. The largest absolute Gasteiger partial charge is 0.541 e. The highest BCUT2D eigenvalue weighted by molar-refractivity contribution is 6.49. The van der Waals surface area contributed by atoms with Crippen LogP contribution < -0.4 is 4.43 Å². The van der Waals surface area contributed by atoms with E-state index in [1.165, 1.54) is 5.56 Å². The molecule has 1 aromatic heterocycles. The molecule has 99 valence electrons. The van der Waals surface area contributed by atoms with Crippen molar-refractivity contribution in [1.82, 2.24) is 0 Å². The summed E-state index contributed by atoms with van der Waals surface area (Å²) in [7, 11) is -0.785. The second kappa shape index (κ2) is 6.38. The van der Waals surface area contributed by atoms with Gasteiger partial charge in [-0.05, 0) is 49.8 Å². The first kappa shape index (κ1) is 13.6. The van der Waals surface area contributed by atoms with Gasteiger partial charge in [-0.15, -0.1) is 0 Å². The van der Waals surface area contributed by atoms with Gasteiger partial charge < -0.3 is 8.84 Å². The zero-order valence-corrected chi connectivity index (χ0v) is 12.5. The van der Waals surface area contributed by atoms with Crippen molar-refractivity contribution in [1.29, 1.82) is 0 Å². The van der Waals surface area contributed by atoms with Crippen LogP contribution in [0.5, 0.6) is 5.75 Å². The highest BCUT2D eigenvalue weighted by atomic mass is 28.3. The third-order valence-electron chi connectivity index (χ3n) is 2.53. The van der Waals surface area contributed by atoms with Gasteiger partial charge in [0.05, 0.1) is 6.26 Å². The standard InChI is InChI=1S/C15H18NO2Si/c1-12-6-7-14(15(11-12)18-19(2)3)16-9-8-13-5-4-10-17-13/h4-7,9-11H,8H2,1-3H3. The Morgan fingerprint density at radius 2 is 2.16 bits per heavy atom. The van der Waals surface area contributed by atoms with Gasteiger partial charge in [0.25, 0.3) is 9.04 Å². The Morgan fingerprint density at radius 1 is 1.32 bits per heavy atom. The molecule has 2 rings (SSSR count). The van der Waals surface area contributed by atoms with Crippen molar-refractivity contribution < 1.29 is 8.84 Å². The molecule has 0 saturated heterocycles. The molecule has 0 saturated carbocycles. The Hall–Kier alpha value is -1.81. The lowest BCUT2D eigenvalue weighted by molar-refractivity contribution is 0.527. The van der Waals surface area contributed by atoms with Gasteiger partial charge in [0.15, 0.2) is 0 Å². The molecule has 3 nitrogen and oxygen atoms in total. The number of rotatable bonds is 5. The van der Waals surface area contributed by atoms with Gasteiger partial charge in [-0.3, -0.25) is 4.99 Å². The first-order valence-electron chi connectivity index (χ1n) is 6.29. The summed E-state index contributed by atoms with van der Waals surface area (Å²) in [6, 6.07) is 9.90. The summed E-state index contributed by atoms with van der Waals surface area (Å²) in [6.45, 7) is 6.29. The summed E-state index contributed by atoms with van der Waals surface area (Å²) in [6.07, 6.45) is 4.22. The lowest BCUT2D eigenvalue weighted by Crippen LogP contribution is -2.11. The minimum atomic E-state index is -0.785. The molecule has 0 amide bonds. The van der Waals surface area contributed by atoms with Crippen LogP contribution >= 0.6 is 0 Å². The number of aliphatic imine (C=N–C) groups is 1. The van der Waals surface area contributed by atoms with E-state index in [0.29, 0.717) is 6.42 Å². The van der Waals surface area contributed by atoms with Gasteiger partial charge in [-0.1, -0.05) is 6.07 Å². The van der Waals surface area contributed by atoms with Crippen LogP contribution in [0.3, 0.4) is 0 Å². The number of furan rings is 1. The fraction of sp³-hybridized carbons (Fsp3) is 0.267. The van der Waals surface area contributed by atoms with Crippen molar-refractivity contribution in [2.75, 3.05) is 0 Å². The molecule has 2 aromatic rings. The topological polar surface area (TPSA) is 34.7 Å². The van der Waals surface area contributed by atoms with Crippen LogP contribution in [0.1, 0.15) is 11.3 Å². The molecule has 1 aromatic carbocycles. The number of nitrogens with zero attached hydrogens (tertiary/aromatic N) is 1. The summed E-state index contributed by atoms with van der Waals surface area (Å²) < 4.78 is 11.1. The molecule has 0 aliphatic carbocycles. The average Bonchev–Trinajstić information content (AvgIpc) is 2.84. The zero-order chi connectivity index (χ0) is 13.7. The number of benzene rings is 1. The molecule has 0 spiro atoms. The van der Waals surface area contributed by atoms with E-state index >= 15 is 0 Å². The Balaban J connectivity index is 2.12. The smallest absolute Gasteiger partial charge is 0.274 e. The Bertz CT molecular complexity index is 547. The lowest BCUT2D eigenvalue weighted by Gasteiger charge is -2.11. The van der Waals surface area contributed by atoms with Crippen molar-refractivity contribution in [2.24, 2.45) is 4.99 Å². The first-order valence-corrected chi connectivity index (χ1v) is 8.69. The molecule has 0 N–H and O–H groups in total. The SMILES string of the molecule is Cc1ccc(N=CCc2ccco2)c(O[Si](C)C)c1. The third-order valence-corrected chi connectivity index (χ3v) is 3.16. The summed E-state index contributed by atoms with van der Waals surface area (Å²) >= 11 is 0. The van der Waals surface area contributed by atoms with Crippen LogP contribution in [0, 0.1) is 6.92 Å². The Morgan fingerprint density at radius 3 is 2.84 bits per heavy atom. The van der Waals surface area contributed by atoms with Gasteiger partial charge in [0, 0.05) is 12.6 Å². The second-order valence-corrected chi connectivity index (χ2v) is 6.60. The second-order valence-electron chi connectivity index (χ2n) is 4.58. The zero-order valence-electron chi connectivity index (χ0n) is 11.5. The predicted octanol–water partition coefficient (Wildman–Crippen LogP) is 4.16. The highest BCUT2D eigenvalue weighted by Crippen LogP contribution is 2.28. The van der Waals surface area contributed by atoms with E-state index in [1.54, 1.807) is 6.26 Å². The Labute approximate surface area is 115 Å². The van der Waals surface area contributed by atoms with Crippen molar-refractivity contribution in [3.05, 3.63) is 47.9 Å². The summed E-state index contributed by atoms with van der Waals surface area (Å²) in [5, 5.41) is 0. The van der Waals surface area contributed by atoms with E-state index < -0.39 is 9.04 Å². The highest BCUT2D eigenvalue weighted by Gasteiger charge is 2.06. The van der Waals surface area contributed by atoms with Crippen LogP contribution in [0.15, 0.2) is 46.0 Å². The van der Waals surface area contributed by atoms with Gasteiger partial charge in [0.2, 0.25) is 0 Å². The lowest BCUT2D eigenvalue weighted by atomic mass is 10.2. The molecule has 19 heavy (non-hydrogen) atoms. The van der Waals surface area contributed by atoms with Crippen molar-refractivity contribution >= 4 is 20.9 Å². The van der Waals surface area contributed by atoms with Crippen LogP contribution in [-0.2, 0) is 6.42 Å². The fourth-order valence-corrected chi connectivity index (χ4v) is 2.30. The van der Waals surface area contributed by atoms with E-state index in [0.717, 1.165) is 17.2 Å². The molecule has 1 heterocycles. The van der Waals surface area contributed by atoms with Crippen molar-refractivity contribution in [3.63, 3.8) is 0 Å². The Kier molecular flexibility index (Phi) is 4.57. The summed E-state index contributed by atoms with van der Waals surface area (Å²) in [5.41, 5.74) is 2.06. The summed E-state index contributed by atoms with van der Waals surface area (Å²) in [4.78, 5) is 4.48. The maximum atomic E-state index is 5.88. The van der Waals surface area contributed by atoms with E-state index in [-0.39, 0.29) is 0 Å². The molecule has 0 fully saturated rings. The van der Waals surface area contributed by atoms with Crippen LogP contribution in [0.25, 0.3) is 0 Å². The minimum Gasteiger partial charge on any atom is -0.541 e. The van der Waals surface area contributed by atoms with E-state index in [2.05, 4.69) is 25.0 Å².